The Bertz CT molecular complexity index is 496. The number of halogens is 2. The third-order valence-corrected chi connectivity index (χ3v) is 2.48. The molecule has 0 aromatic heterocycles. The largest absolute Gasteiger partial charge is 0.541 e. The van der Waals surface area contributed by atoms with Gasteiger partial charge >= 0.3 is 6.11 Å². The Morgan fingerprint density at radius 1 is 1.35 bits per heavy atom. The van der Waals surface area contributed by atoms with Crippen molar-refractivity contribution in [2.24, 2.45) is 0 Å². The summed E-state index contributed by atoms with van der Waals surface area (Å²) in [5, 5.41) is 10.1. The lowest BCUT2D eigenvalue weighted by atomic mass is 10.1. The van der Waals surface area contributed by atoms with E-state index in [-0.39, 0.29) is 11.5 Å². The maximum atomic E-state index is 12.7. The van der Waals surface area contributed by atoms with Crippen molar-refractivity contribution in [3.05, 3.63) is 29.3 Å². The molecule has 90 valence electrons. The minimum Gasteiger partial charge on any atom is -0.541 e. The van der Waals surface area contributed by atoms with Gasteiger partial charge in [0.05, 0.1) is 0 Å². The Kier molecular flexibility index (Phi) is 2.57. The van der Waals surface area contributed by atoms with Crippen LogP contribution < -0.4 is 9.84 Å². The fourth-order valence-corrected chi connectivity index (χ4v) is 1.68. The molecule has 1 aromatic rings. The monoisotopic (exact) mass is 241 g/mol. The highest BCUT2D eigenvalue weighted by Crippen LogP contribution is 2.28. The van der Waals surface area contributed by atoms with Crippen molar-refractivity contribution in [2.75, 3.05) is 0 Å². The van der Waals surface area contributed by atoms with Gasteiger partial charge in [-0.3, -0.25) is 4.79 Å². The predicted octanol–water partition coefficient (Wildman–Crippen LogP) is 0.537. The van der Waals surface area contributed by atoms with Gasteiger partial charge in [-0.1, -0.05) is 0 Å². The number of Topliss-reactive ketones (excluding diaryl/α,β-unsaturated/α-hetero) is 1. The summed E-state index contributed by atoms with van der Waals surface area (Å²) >= 11 is 0. The topological polar surface area (TPSA) is 66.4 Å². The highest BCUT2D eigenvalue weighted by Gasteiger charge is 2.34. The van der Waals surface area contributed by atoms with Crippen LogP contribution in [0.25, 0.3) is 0 Å². The Balaban J connectivity index is 2.25. The standard InChI is InChI=1S/C11H8F2O4/c12-11(13,10(15)16)17-7-2-3-8-6(5-7)1-4-9(8)14/h2-3,5H,1,4H2,(H,15,16)/p-1. The molecular formula is C11H7F2O4-. The molecule has 6 heteroatoms. The SMILES string of the molecule is O=C1CCc2cc(OC(F)(F)C(=O)[O-])ccc21. The summed E-state index contributed by atoms with van der Waals surface area (Å²) in [7, 11) is 0. The minimum absolute atomic E-state index is 0.0572. The summed E-state index contributed by atoms with van der Waals surface area (Å²) in [6, 6.07) is 3.74. The van der Waals surface area contributed by atoms with Crippen LogP contribution in [-0.2, 0) is 11.2 Å². The van der Waals surface area contributed by atoms with Crippen LogP contribution in [0.4, 0.5) is 8.78 Å². The van der Waals surface area contributed by atoms with E-state index in [1.165, 1.54) is 12.1 Å². The molecule has 0 bridgehead atoms. The number of rotatable bonds is 3. The molecule has 0 unspecified atom stereocenters. The number of benzene rings is 1. The highest BCUT2D eigenvalue weighted by atomic mass is 19.3. The molecular weight excluding hydrogens is 234 g/mol. The van der Waals surface area contributed by atoms with Crippen molar-refractivity contribution < 1.29 is 28.2 Å². The molecule has 0 aliphatic heterocycles. The zero-order chi connectivity index (χ0) is 12.6. The van der Waals surface area contributed by atoms with E-state index < -0.39 is 12.1 Å². The lowest BCUT2D eigenvalue weighted by Gasteiger charge is -2.18. The second kappa shape index (κ2) is 3.80. The molecule has 0 radical (unpaired) electrons. The molecule has 1 aliphatic carbocycles. The molecule has 1 aromatic carbocycles. The number of ketones is 1. The Labute approximate surface area is 94.8 Å². The number of aryl methyl sites for hydroxylation is 1. The number of fused-ring (bicyclic) bond motifs is 1. The second-order valence-electron chi connectivity index (χ2n) is 3.65. The van der Waals surface area contributed by atoms with Crippen LogP contribution in [0.1, 0.15) is 22.3 Å². The van der Waals surface area contributed by atoms with Gasteiger partial charge in [-0.15, -0.1) is 0 Å². The number of ether oxygens (including phenoxy) is 1. The molecule has 2 rings (SSSR count). The Morgan fingerprint density at radius 2 is 2.06 bits per heavy atom. The first-order chi connectivity index (χ1) is 7.90. The van der Waals surface area contributed by atoms with Gasteiger partial charge in [-0.05, 0) is 30.2 Å². The number of hydrogen-bond acceptors (Lipinski definition) is 4. The van der Waals surface area contributed by atoms with E-state index in [2.05, 4.69) is 4.74 Å². The maximum absolute atomic E-state index is 12.7. The van der Waals surface area contributed by atoms with Crippen molar-refractivity contribution in [1.29, 1.82) is 0 Å². The minimum atomic E-state index is -4.38. The molecule has 1 aliphatic rings. The summed E-state index contributed by atoms with van der Waals surface area (Å²) in [6.45, 7) is 0. The van der Waals surface area contributed by atoms with E-state index in [9.17, 15) is 23.5 Å². The Hall–Kier alpha value is -1.98. The highest BCUT2D eigenvalue weighted by molar-refractivity contribution is 6.00. The van der Waals surface area contributed by atoms with Crippen LogP contribution >= 0.6 is 0 Å². The van der Waals surface area contributed by atoms with E-state index in [4.69, 9.17) is 0 Å². The molecule has 0 spiro atoms. The van der Waals surface area contributed by atoms with Crippen LogP contribution in [0.2, 0.25) is 0 Å². The van der Waals surface area contributed by atoms with Gasteiger partial charge in [-0.2, -0.15) is 8.78 Å². The molecule has 4 nitrogen and oxygen atoms in total. The van der Waals surface area contributed by atoms with Crippen molar-refractivity contribution in [3.63, 3.8) is 0 Å². The van der Waals surface area contributed by atoms with E-state index in [1.54, 1.807) is 0 Å². The summed E-state index contributed by atoms with van der Waals surface area (Å²) in [6.07, 6.45) is -3.60. The van der Waals surface area contributed by atoms with E-state index in [1.807, 2.05) is 0 Å². The first-order valence-corrected chi connectivity index (χ1v) is 4.84. The summed E-state index contributed by atoms with van der Waals surface area (Å²) in [5.41, 5.74) is 1.05. The molecule has 0 atom stereocenters. The Morgan fingerprint density at radius 3 is 2.71 bits per heavy atom. The van der Waals surface area contributed by atoms with E-state index in [0.29, 0.717) is 24.0 Å². The summed E-state index contributed by atoms with van der Waals surface area (Å²) < 4.78 is 29.4. The van der Waals surface area contributed by atoms with E-state index in [0.717, 1.165) is 6.07 Å². The lowest BCUT2D eigenvalue weighted by Crippen LogP contribution is -2.45. The number of carboxylic acids is 1. The van der Waals surface area contributed by atoms with Crippen LogP contribution in [0.15, 0.2) is 18.2 Å². The van der Waals surface area contributed by atoms with Gasteiger partial charge in [0.2, 0.25) is 0 Å². The smallest absolute Gasteiger partial charge is 0.441 e. The van der Waals surface area contributed by atoms with Crippen LogP contribution in [0.5, 0.6) is 5.75 Å². The summed E-state index contributed by atoms with van der Waals surface area (Å²) in [5.74, 6) is -2.96. The summed E-state index contributed by atoms with van der Waals surface area (Å²) in [4.78, 5) is 21.3. The van der Waals surface area contributed by atoms with Crippen LogP contribution in [0, 0.1) is 0 Å². The van der Waals surface area contributed by atoms with Crippen LogP contribution in [0.3, 0.4) is 0 Å². The van der Waals surface area contributed by atoms with Crippen LogP contribution in [-0.4, -0.2) is 17.9 Å². The number of hydrogen-bond donors (Lipinski definition) is 0. The molecule has 0 fully saturated rings. The number of carboxylic acid groups (broad SMARTS) is 1. The molecule has 17 heavy (non-hydrogen) atoms. The van der Waals surface area contributed by atoms with E-state index >= 15 is 0 Å². The van der Waals surface area contributed by atoms with Gasteiger partial charge in [-0.25, -0.2) is 0 Å². The normalized spacial score (nSPS) is 14.6. The van der Waals surface area contributed by atoms with Crippen molar-refractivity contribution in [1.82, 2.24) is 0 Å². The number of aliphatic carboxylic acids is 1. The second-order valence-corrected chi connectivity index (χ2v) is 3.65. The van der Waals surface area contributed by atoms with Gasteiger partial charge in [0, 0.05) is 12.0 Å². The first-order valence-electron chi connectivity index (χ1n) is 4.84. The zero-order valence-electron chi connectivity index (χ0n) is 8.54. The average Bonchev–Trinajstić information content (AvgIpc) is 2.59. The van der Waals surface area contributed by atoms with Gasteiger partial charge in [0.15, 0.2) is 11.8 Å². The van der Waals surface area contributed by atoms with Gasteiger partial charge < -0.3 is 14.6 Å². The van der Waals surface area contributed by atoms with Crippen molar-refractivity contribution in [3.8, 4) is 5.75 Å². The number of carbonyl (C=O) groups is 2. The average molecular weight is 241 g/mol. The van der Waals surface area contributed by atoms with Gasteiger partial charge in [0.1, 0.15) is 5.75 Å². The fraction of sp³-hybridized carbons (Fsp3) is 0.273. The zero-order valence-corrected chi connectivity index (χ0v) is 8.54. The molecule has 0 amide bonds. The lowest BCUT2D eigenvalue weighted by molar-refractivity contribution is -0.350. The molecule has 0 saturated carbocycles. The predicted molar refractivity (Wildman–Crippen MR) is 49.7 cm³/mol. The molecule has 0 heterocycles. The first kappa shape index (κ1) is 11.5. The molecule has 0 N–H and O–H groups in total. The fourth-order valence-electron chi connectivity index (χ4n) is 1.68. The van der Waals surface area contributed by atoms with Crippen molar-refractivity contribution >= 4 is 11.8 Å². The van der Waals surface area contributed by atoms with Gasteiger partial charge in [0.25, 0.3) is 0 Å². The molecule has 0 saturated heterocycles. The third-order valence-electron chi connectivity index (χ3n) is 2.48. The number of alkyl halides is 2. The maximum Gasteiger partial charge on any atom is 0.441 e. The quantitative estimate of drug-likeness (QED) is 0.774. The number of carbonyl (C=O) groups excluding carboxylic acids is 2. The van der Waals surface area contributed by atoms with Crippen molar-refractivity contribution in [2.45, 2.75) is 19.0 Å². The third kappa shape index (κ3) is 2.11.